The van der Waals surface area contributed by atoms with Crippen LogP contribution in [0.3, 0.4) is 0 Å². The van der Waals surface area contributed by atoms with Gasteiger partial charge in [-0.1, -0.05) is 13.3 Å². The van der Waals surface area contributed by atoms with E-state index in [2.05, 4.69) is 24.0 Å². The van der Waals surface area contributed by atoms with Crippen LogP contribution in [0.15, 0.2) is 24.3 Å². The maximum Gasteiger partial charge on any atom is 0.150 e. The van der Waals surface area contributed by atoms with E-state index >= 15 is 0 Å². The normalized spacial score (nSPS) is 20.1. The lowest BCUT2D eigenvalue weighted by Crippen LogP contribution is -2.19. The zero-order valence-electron chi connectivity index (χ0n) is 9.86. The van der Waals surface area contributed by atoms with Crippen molar-refractivity contribution in [2.24, 2.45) is 5.92 Å². The molecule has 1 aromatic rings. The molecule has 1 fully saturated rings. The van der Waals surface area contributed by atoms with Crippen LogP contribution in [0.5, 0.6) is 0 Å². The average Bonchev–Trinajstić information content (AvgIpc) is 2.78. The third-order valence-electron chi connectivity index (χ3n) is 3.38. The Kier molecular flexibility index (Phi) is 3.60. The number of aldehydes is 1. The molecule has 0 spiro atoms. The van der Waals surface area contributed by atoms with Crippen LogP contribution in [-0.4, -0.2) is 19.4 Å². The Hall–Kier alpha value is -1.31. The summed E-state index contributed by atoms with van der Waals surface area (Å²) in [5.41, 5.74) is 2.01. The third kappa shape index (κ3) is 2.43. The van der Waals surface area contributed by atoms with Gasteiger partial charge in [-0.25, -0.2) is 0 Å². The summed E-state index contributed by atoms with van der Waals surface area (Å²) in [4.78, 5) is 13.0. The average molecular weight is 217 g/mol. The van der Waals surface area contributed by atoms with Gasteiger partial charge >= 0.3 is 0 Å². The molecule has 0 amide bonds. The minimum absolute atomic E-state index is 0.757. The molecule has 0 bridgehead atoms. The Bertz CT molecular complexity index is 344. The van der Waals surface area contributed by atoms with Gasteiger partial charge in [0.25, 0.3) is 0 Å². The predicted octanol–water partition coefficient (Wildman–Crippen LogP) is 3.13. The maximum absolute atomic E-state index is 10.6. The molecule has 16 heavy (non-hydrogen) atoms. The summed E-state index contributed by atoms with van der Waals surface area (Å²) >= 11 is 0. The van der Waals surface area contributed by atoms with Crippen LogP contribution in [-0.2, 0) is 0 Å². The molecule has 2 nitrogen and oxygen atoms in total. The molecule has 1 unspecified atom stereocenters. The molecule has 0 saturated carbocycles. The smallest absolute Gasteiger partial charge is 0.150 e. The third-order valence-corrected chi connectivity index (χ3v) is 3.38. The van der Waals surface area contributed by atoms with Crippen molar-refractivity contribution in [3.8, 4) is 0 Å². The highest BCUT2D eigenvalue weighted by Gasteiger charge is 2.21. The van der Waals surface area contributed by atoms with Crippen molar-refractivity contribution < 1.29 is 4.79 Å². The molecule has 1 aliphatic rings. The molecule has 0 aromatic heterocycles. The zero-order valence-corrected chi connectivity index (χ0v) is 9.86. The van der Waals surface area contributed by atoms with Crippen molar-refractivity contribution in [3.63, 3.8) is 0 Å². The van der Waals surface area contributed by atoms with Crippen molar-refractivity contribution in [1.29, 1.82) is 0 Å². The number of anilines is 1. The van der Waals surface area contributed by atoms with E-state index in [1.165, 1.54) is 31.5 Å². The molecule has 1 heterocycles. The van der Waals surface area contributed by atoms with Crippen molar-refractivity contribution in [1.82, 2.24) is 0 Å². The first-order chi connectivity index (χ1) is 7.83. The number of hydrogen-bond acceptors (Lipinski definition) is 2. The van der Waals surface area contributed by atoms with Crippen LogP contribution in [0.4, 0.5) is 5.69 Å². The van der Waals surface area contributed by atoms with Crippen molar-refractivity contribution in [2.45, 2.75) is 26.2 Å². The van der Waals surface area contributed by atoms with Crippen LogP contribution < -0.4 is 4.90 Å². The van der Waals surface area contributed by atoms with Crippen LogP contribution >= 0.6 is 0 Å². The Labute approximate surface area is 97.3 Å². The van der Waals surface area contributed by atoms with Gasteiger partial charge in [0.2, 0.25) is 0 Å². The monoisotopic (exact) mass is 217 g/mol. The van der Waals surface area contributed by atoms with Crippen LogP contribution in [0.1, 0.15) is 36.5 Å². The van der Waals surface area contributed by atoms with E-state index < -0.39 is 0 Å². The minimum atomic E-state index is 0.757. The van der Waals surface area contributed by atoms with E-state index in [0.717, 1.165) is 24.3 Å². The van der Waals surface area contributed by atoms with Gasteiger partial charge in [0, 0.05) is 24.3 Å². The fourth-order valence-electron chi connectivity index (χ4n) is 2.47. The van der Waals surface area contributed by atoms with Gasteiger partial charge in [-0.05, 0) is 43.0 Å². The van der Waals surface area contributed by atoms with Gasteiger partial charge in [0.05, 0.1) is 0 Å². The molecule has 0 radical (unpaired) electrons. The second-order valence-electron chi connectivity index (χ2n) is 4.60. The first-order valence-electron chi connectivity index (χ1n) is 6.13. The summed E-state index contributed by atoms with van der Waals surface area (Å²) in [6.07, 6.45) is 4.82. The van der Waals surface area contributed by atoms with Crippen LogP contribution in [0, 0.1) is 5.92 Å². The zero-order chi connectivity index (χ0) is 11.4. The fraction of sp³-hybridized carbons (Fsp3) is 0.500. The summed E-state index contributed by atoms with van der Waals surface area (Å²) in [6, 6.07) is 7.90. The Balaban J connectivity index is 2.00. The highest BCUT2D eigenvalue weighted by atomic mass is 16.1. The van der Waals surface area contributed by atoms with Crippen molar-refractivity contribution in [3.05, 3.63) is 29.8 Å². The highest BCUT2D eigenvalue weighted by molar-refractivity contribution is 5.75. The summed E-state index contributed by atoms with van der Waals surface area (Å²) in [5.74, 6) is 0.857. The van der Waals surface area contributed by atoms with Gasteiger partial charge in [0.1, 0.15) is 6.29 Å². The summed E-state index contributed by atoms with van der Waals surface area (Å²) in [5, 5.41) is 0. The summed E-state index contributed by atoms with van der Waals surface area (Å²) in [7, 11) is 0. The van der Waals surface area contributed by atoms with Gasteiger partial charge < -0.3 is 4.90 Å². The molecule has 0 aliphatic carbocycles. The number of carbonyl (C=O) groups excluding carboxylic acids is 1. The SMILES string of the molecule is CCCC1CCN(c2ccc(C=O)cc2)C1. The molecule has 86 valence electrons. The number of carbonyl (C=O) groups is 1. The van der Waals surface area contributed by atoms with E-state index in [1.54, 1.807) is 0 Å². The van der Waals surface area contributed by atoms with E-state index in [0.29, 0.717) is 0 Å². The number of rotatable bonds is 4. The van der Waals surface area contributed by atoms with E-state index in [9.17, 15) is 4.79 Å². The molecule has 0 N–H and O–H groups in total. The lowest BCUT2D eigenvalue weighted by molar-refractivity contribution is 0.112. The molecule has 2 rings (SSSR count). The maximum atomic E-state index is 10.6. The van der Waals surface area contributed by atoms with Gasteiger partial charge in [-0.3, -0.25) is 4.79 Å². The molecule has 1 aromatic carbocycles. The minimum Gasteiger partial charge on any atom is -0.371 e. The lowest BCUT2D eigenvalue weighted by atomic mass is 10.0. The first kappa shape index (κ1) is 11.2. The van der Waals surface area contributed by atoms with Crippen molar-refractivity contribution in [2.75, 3.05) is 18.0 Å². The second-order valence-corrected chi connectivity index (χ2v) is 4.60. The fourth-order valence-corrected chi connectivity index (χ4v) is 2.47. The van der Waals surface area contributed by atoms with E-state index in [-0.39, 0.29) is 0 Å². The van der Waals surface area contributed by atoms with Gasteiger partial charge in [-0.2, -0.15) is 0 Å². The van der Waals surface area contributed by atoms with E-state index in [1.807, 2.05) is 12.1 Å². The van der Waals surface area contributed by atoms with Crippen molar-refractivity contribution >= 4 is 12.0 Å². The van der Waals surface area contributed by atoms with Gasteiger partial charge in [-0.15, -0.1) is 0 Å². The molecule has 1 aliphatic heterocycles. The largest absolute Gasteiger partial charge is 0.371 e. The molecular formula is C14H19NO. The van der Waals surface area contributed by atoms with E-state index in [4.69, 9.17) is 0 Å². The first-order valence-corrected chi connectivity index (χ1v) is 6.13. The van der Waals surface area contributed by atoms with Crippen LogP contribution in [0.2, 0.25) is 0 Å². The summed E-state index contributed by atoms with van der Waals surface area (Å²) in [6.45, 7) is 4.58. The Morgan fingerprint density at radius 1 is 1.38 bits per heavy atom. The molecular weight excluding hydrogens is 198 g/mol. The predicted molar refractivity (Wildman–Crippen MR) is 67.1 cm³/mol. The quantitative estimate of drug-likeness (QED) is 0.722. The number of nitrogens with zero attached hydrogens (tertiary/aromatic N) is 1. The second kappa shape index (κ2) is 5.15. The Morgan fingerprint density at radius 2 is 2.12 bits per heavy atom. The number of benzene rings is 1. The topological polar surface area (TPSA) is 20.3 Å². The Morgan fingerprint density at radius 3 is 2.75 bits per heavy atom. The van der Waals surface area contributed by atoms with Gasteiger partial charge in [0.15, 0.2) is 0 Å². The molecule has 1 saturated heterocycles. The highest BCUT2D eigenvalue weighted by Crippen LogP contribution is 2.26. The molecule has 2 heteroatoms. The van der Waals surface area contributed by atoms with Crippen LogP contribution in [0.25, 0.3) is 0 Å². The number of hydrogen-bond donors (Lipinski definition) is 0. The standard InChI is InChI=1S/C14H19NO/c1-2-3-12-8-9-15(10-12)14-6-4-13(11-16)5-7-14/h4-7,11-12H,2-3,8-10H2,1H3. The molecule has 1 atom stereocenters. The lowest BCUT2D eigenvalue weighted by Gasteiger charge is -2.18. The summed E-state index contributed by atoms with van der Waals surface area (Å²) < 4.78 is 0.